The maximum Gasteiger partial charge on any atom is 0.269 e. The zero-order valence-electron chi connectivity index (χ0n) is 15.5. The first-order chi connectivity index (χ1) is 13.6. The number of hydrogen-bond acceptors (Lipinski definition) is 6. The van der Waals surface area contributed by atoms with Crippen LogP contribution >= 0.6 is 0 Å². The van der Waals surface area contributed by atoms with Gasteiger partial charge < -0.3 is 9.25 Å². The lowest BCUT2D eigenvalue weighted by Gasteiger charge is -2.21. The number of rotatable bonds is 9. The van der Waals surface area contributed by atoms with E-state index in [-0.39, 0.29) is 5.69 Å². The van der Waals surface area contributed by atoms with Crippen molar-refractivity contribution in [1.82, 2.24) is 4.90 Å². The minimum Gasteiger partial charge on any atom is -0.468 e. The second-order valence-corrected chi connectivity index (χ2v) is 6.38. The van der Waals surface area contributed by atoms with Crippen LogP contribution in [0.25, 0.3) is 0 Å². The van der Waals surface area contributed by atoms with Crippen molar-refractivity contribution < 1.29 is 14.2 Å². The highest BCUT2D eigenvalue weighted by molar-refractivity contribution is 5.83. The van der Waals surface area contributed by atoms with Crippen molar-refractivity contribution in [2.75, 3.05) is 6.54 Å². The molecule has 0 saturated carbocycles. The average Bonchev–Trinajstić information content (AvgIpc) is 3.20. The summed E-state index contributed by atoms with van der Waals surface area (Å²) in [7, 11) is 0. The molecule has 0 aliphatic heterocycles. The van der Waals surface area contributed by atoms with Gasteiger partial charge in [-0.3, -0.25) is 15.0 Å². The second kappa shape index (κ2) is 9.48. The summed E-state index contributed by atoms with van der Waals surface area (Å²) in [5.74, 6) is 1.32. The van der Waals surface area contributed by atoms with Crippen molar-refractivity contribution >= 4 is 11.4 Å². The number of hydrogen-bond donors (Lipinski definition) is 0. The topological polar surface area (TPSA) is 81.1 Å². The van der Waals surface area contributed by atoms with E-state index < -0.39 is 4.92 Å². The van der Waals surface area contributed by atoms with Crippen LogP contribution in [0.5, 0.6) is 5.75 Å². The van der Waals surface area contributed by atoms with E-state index in [1.807, 2.05) is 37.3 Å². The van der Waals surface area contributed by atoms with Crippen LogP contribution in [0.15, 0.2) is 82.6 Å². The number of nitro groups is 1. The first-order valence-electron chi connectivity index (χ1n) is 8.84. The molecular formula is C21H21N3O4. The van der Waals surface area contributed by atoms with Gasteiger partial charge in [-0.15, -0.1) is 0 Å². The van der Waals surface area contributed by atoms with E-state index in [2.05, 4.69) is 22.2 Å². The molecule has 0 aliphatic rings. The molecule has 3 aromatic rings. The van der Waals surface area contributed by atoms with Gasteiger partial charge in [0.25, 0.3) is 5.69 Å². The molecule has 0 aliphatic carbocycles. The Kier molecular flexibility index (Phi) is 6.54. The predicted octanol–water partition coefficient (Wildman–Crippen LogP) is 4.64. The van der Waals surface area contributed by atoms with Crippen molar-refractivity contribution in [2.45, 2.75) is 20.0 Å². The predicted molar refractivity (Wildman–Crippen MR) is 106 cm³/mol. The van der Waals surface area contributed by atoms with Gasteiger partial charge in [0.1, 0.15) is 5.76 Å². The summed E-state index contributed by atoms with van der Waals surface area (Å²) in [5, 5.41) is 14.9. The van der Waals surface area contributed by atoms with Crippen molar-refractivity contribution in [2.24, 2.45) is 5.16 Å². The molecule has 7 heteroatoms. The van der Waals surface area contributed by atoms with Gasteiger partial charge in [0, 0.05) is 25.2 Å². The van der Waals surface area contributed by atoms with Crippen LogP contribution in [-0.2, 0) is 13.1 Å². The molecule has 0 N–H and O–H groups in total. The Morgan fingerprint density at radius 1 is 1.07 bits per heavy atom. The summed E-state index contributed by atoms with van der Waals surface area (Å²) in [5.41, 5.74) is 1.99. The molecule has 0 unspecified atom stereocenters. The lowest BCUT2D eigenvalue weighted by molar-refractivity contribution is -0.384. The quantitative estimate of drug-likeness (QED) is 0.307. The van der Waals surface area contributed by atoms with Crippen LogP contribution in [0.3, 0.4) is 0 Å². The third kappa shape index (κ3) is 5.78. The number of nitrogens with zero attached hydrogens (tertiary/aromatic N) is 3. The van der Waals surface area contributed by atoms with Gasteiger partial charge in [0.05, 0.1) is 23.4 Å². The molecule has 0 radical (unpaired) electrons. The Labute approximate surface area is 163 Å². The molecule has 1 heterocycles. The number of benzene rings is 2. The van der Waals surface area contributed by atoms with E-state index >= 15 is 0 Å². The molecule has 0 spiro atoms. The molecular weight excluding hydrogens is 358 g/mol. The summed E-state index contributed by atoms with van der Waals surface area (Å²) in [6.45, 7) is 3.85. The van der Waals surface area contributed by atoms with E-state index in [9.17, 15) is 10.1 Å². The molecule has 0 amide bonds. The van der Waals surface area contributed by atoms with Gasteiger partial charge in [-0.2, -0.15) is 0 Å². The fraction of sp³-hybridized carbons (Fsp3) is 0.190. The fourth-order valence-electron chi connectivity index (χ4n) is 2.74. The Hall–Kier alpha value is -3.45. The maximum atomic E-state index is 10.7. The molecule has 0 fully saturated rings. The SMILES string of the molecule is CC(CN(Cc1ccccc1)Cc1ccco1)=NOc1ccc([N+](=O)[O-])cc1. The standard InChI is InChI=1S/C21H21N3O4/c1-17(22-28-20-11-9-19(10-12-20)24(25)26)14-23(16-21-8-5-13-27-21)15-18-6-3-2-4-7-18/h2-13H,14-16H2,1H3. The third-order valence-electron chi connectivity index (χ3n) is 4.02. The maximum absolute atomic E-state index is 10.7. The summed E-state index contributed by atoms with van der Waals surface area (Å²) in [6.07, 6.45) is 1.66. The van der Waals surface area contributed by atoms with Crippen molar-refractivity contribution in [3.63, 3.8) is 0 Å². The molecule has 0 saturated heterocycles. The third-order valence-corrected chi connectivity index (χ3v) is 4.02. The normalized spacial score (nSPS) is 11.6. The zero-order valence-corrected chi connectivity index (χ0v) is 15.5. The summed E-state index contributed by atoms with van der Waals surface area (Å²) < 4.78 is 5.48. The minimum atomic E-state index is -0.450. The van der Waals surface area contributed by atoms with E-state index in [1.165, 1.54) is 29.8 Å². The minimum absolute atomic E-state index is 0.0144. The van der Waals surface area contributed by atoms with Gasteiger partial charge in [-0.25, -0.2) is 0 Å². The Balaban J connectivity index is 1.64. The molecule has 7 nitrogen and oxygen atoms in total. The molecule has 2 aromatic carbocycles. The Morgan fingerprint density at radius 2 is 1.82 bits per heavy atom. The molecule has 144 valence electrons. The summed E-state index contributed by atoms with van der Waals surface area (Å²) in [6, 6.07) is 19.8. The van der Waals surface area contributed by atoms with Crippen LogP contribution in [0.2, 0.25) is 0 Å². The van der Waals surface area contributed by atoms with Gasteiger partial charge in [0.15, 0.2) is 5.75 Å². The van der Waals surface area contributed by atoms with E-state index in [0.29, 0.717) is 18.8 Å². The van der Waals surface area contributed by atoms with Crippen LogP contribution in [0.4, 0.5) is 5.69 Å². The fourth-order valence-corrected chi connectivity index (χ4v) is 2.74. The first-order valence-corrected chi connectivity index (χ1v) is 8.84. The zero-order chi connectivity index (χ0) is 19.8. The van der Waals surface area contributed by atoms with E-state index in [4.69, 9.17) is 9.25 Å². The number of non-ortho nitro benzene ring substituents is 1. The van der Waals surface area contributed by atoms with Gasteiger partial charge in [-0.1, -0.05) is 35.5 Å². The monoisotopic (exact) mass is 379 g/mol. The van der Waals surface area contributed by atoms with Crippen LogP contribution in [-0.4, -0.2) is 22.1 Å². The molecule has 0 bridgehead atoms. The smallest absolute Gasteiger partial charge is 0.269 e. The Bertz CT molecular complexity index is 907. The molecule has 3 rings (SSSR count). The highest BCUT2D eigenvalue weighted by Gasteiger charge is 2.11. The van der Waals surface area contributed by atoms with Crippen molar-refractivity contribution in [3.8, 4) is 5.75 Å². The highest BCUT2D eigenvalue weighted by atomic mass is 16.6. The van der Waals surface area contributed by atoms with Gasteiger partial charge in [-0.05, 0) is 36.8 Å². The summed E-state index contributed by atoms with van der Waals surface area (Å²) >= 11 is 0. The molecule has 0 atom stereocenters. The van der Waals surface area contributed by atoms with Gasteiger partial charge >= 0.3 is 0 Å². The lowest BCUT2D eigenvalue weighted by Crippen LogP contribution is -2.28. The lowest BCUT2D eigenvalue weighted by atomic mass is 10.2. The number of furan rings is 1. The molecule has 28 heavy (non-hydrogen) atoms. The highest BCUT2D eigenvalue weighted by Crippen LogP contribution is 2.17. The number of oxime groups is 1. The van der Waals surface area contributed by atoms with Crippen molar-refractivity contribution in [3.05, 3.63) is 94.4 Å². The van der Waals surface area contributed by atoms with Gasteiger partial charge in [0.2, 0.25) is 0 Å². The first kappa shape index (κ1) is 19.3. The van der Waals surface area contributed by atoms with E-state index in [1.54, 1.807) is 6.26 Å². The van der Waals surface area contributed by atoms with Crippen molar-refractivity contribution in [1.29, 1.82) is 0 Å². The van der Waals surface area contributed by atoms with Crippen LogP contribution in [0, 0.1) is 10.1 Å². The number of nitro benzene ring substituents is 1. The molecule has 1 aromatic heterocycles. The Morgan fingerprint density at radius 3 is 2.46 bits per heavy atom. The largest absolute Gasteiger partial charge is 0.468 e. The van der Waals surface area contributed by atoms with Crippen LogP contribution in [0.1, 0.15) is 18.2 Å². The second-order valence-electron chi connectivity index (χ2n) is 6.38. The average molecular weight is 379 g/mol. The van der Waals surface area contributed by atoms with Crippen LogP contribution < -0.4 is 4.84 Å². The van der Waals surface area contributed by atoms with E-state index in [0.717, 1.165) is 18.0 Å². The summed E-state index contributed by atoms with van der Waals surface area (Å²) in [4.78, 5) is 17.9.